The fraction of sp³-hybridized carbons (Fsp3) is 0.189. The van der Waals surface area contributed by atoms with Gasteiger partial charge in [-0.1, -0.05) is 115 Å². The first-order chi connectivity index (χ1) is 32.1. The van der Waals surface area contributed by atoms with E-state index >= 15 is 0 Å². The lowest BCUT2D eigenvalue weighted by molar-refractivity contribution is -0.143. The molecule has 2 unspecified atom stereocenters. The molecule has 0 bridgehead atoms. The smallest absolute Gasteiger partial charge is 0.256 e. The topological polar surface area (TPSA) is 167 Å². The molecule has 13 nitrogen and oxygen atoms in total. The Kier molecular flexibility index (Phi) is 11.0. The molecule has 3 N–H and O–H groups in total. The van der Waals surface area contributed by atoms with Crippen molar-refractivity contribution >= 4 is 47.0 Å². The summed E-state index contributed by atoms with van der Waals surface area (Å²) >= 11 is 0. The van der Waals surface area contributed by atoms with Crippen LogP contribution in [0.4, 0.5) is 5.69 Å². The molecule has 4 aliphatic heterocycles. The molecule has 6 aromatic rings. The Balaban J connectivity index is 0.794. The van der Waals surface area contributed by atoms with Gasteiger partial charge in [-0.25, -0.2) is 4.99 Å². The number of hydrogen-bond donors (Lipinski definition) is 3. The fourth-order valence-corrected chi connectivity index (χ4v) is 9.35. The molecule has 0 radical (unpaired) electrons. The van der Waals surface area contributed by atoms with Gasteiger partial charge in [0.2, 0.25) is 23.6 Å². The maximum atomic E-state index is 15.0. The maximum absolute atomic E-state index is 15.0. The van der Waals surface area contributed by atoms with Crippen LogP contribution in [0.25, 0.3) is 11.1 Å². The second-order valence-electron chi connectivity index (χ2n) is 17.0. The standard InChI is InChI=1S/C53H44N6O7/c60-45-27-26-44(49(63)56-45)59-31-42-41(51(59)64)16-9-17-43(42)55-48(62)37-24-22-36(23-25-37)35-20-18-34(19-21-35)29-54-46(61)32-58-30-39-14-7-8-15-40(39)47-53(52(58)65,28-33-10-3-1-4-11-33)57-50(66-47)38-12-5-2-6-13-38/h1-25,44,47H,26-32H2,(H,54,61)(H,55,62)(H,56,60,63)/t44?,47?,53-/m0/s1. The first-order valence-corrected chi connectivity index (χ1v) is 21.9. The van der Waals surface area contributed by atoms with Gasteiger partial charge < -0.3 is 25.2 Å². The summed E-state index contributed by atoms with van der Waals surface area (Å²) in [4.78, 5) is 87.7. The molecule has 10 rings (SSSR count). The molecule has 1 fully saturated rings. The Hall–Kier alpha value is -8.19. The molecular weight excluding hydrogens is 833 g/mol. The van der Waals surface area contributed by atoms with Gasteiger partial charge in [-0.05, 0) is 70.6 Å². The summed E-state index contributed by atoms with van der Waals surface area (Å²) in [5, 5.41) is 8.26. The lowest BCUT2D eigenvalue weighted by atomic mass is 9.81. The van der Waals surface area contributed by atoms with Crippen molar-refractivity contribution < 1.29 is 33.5 Å². The molecule has 328 valence electrons. The Labute approximate surface area is 380 Å². The van der Waals surface area contributed by atoms with Crippen LogP contribution in [0, 0.1) is 0 Å². The number of carbonyl (C=O) groups is 6. The van der Waals surface area contributed by atoms with Crippen LogP contribution >= 0.6 is 0 Å². The third kappa shape index (κ3) is 8.00. The number of nitrogens with one attached hydrogen (secondary N) is 3. The van der Waals surface area contributed by atoms with Crippen LogP contribution in [0.1, 0.15) is 73.0 Å². The van der Waals surface area contributed by atoms with Gasteiger partial charge in [-0.3, -0.25) is 34.1 Å². The normalized spacial score (nSPS) is 19.7. The molecule has 66 heavy (non-hydrogen) atoms. The van der Waals surface area contributed by atoms with Crippen LogP contribution in [-0.2, 0) is 50.0 Å². The summed E-state index contributed by atoms with van der Waals surface area (Å²) in [7, 11) is 0. The Morgan fingerprint density at radius 2 is 1.42 bits per heavy atom. The van der Waals surface area contributed by atoms with Crippen molar-refractivity contribution in [3.8, 4) is 11.1 Å². The summed E-state index contributed by atoms with van der Waals surface area (Å²) in [6.45, 7) is 0.440. The average Bonchev–Trinajstić information content (AvgIpc) is 3.87. The highest BCUT2D eigenvalue weighted by Crippen LogP contribution is 2.46. The van der Waals surface area contributed by atoms with Gasteiger partial charge in [0.1, 0.15) is 6.04 Å². The van der Waals surface area contributed by atoms with Crippen molar-refractivity contribution in [3.05, 3.63) is 196 Å². The number of ether oxygens (including phenoxy) is 1. The van der Waals surface area contributed by atoms with E-state index in [2.05, 4.69) is 16.0 Å². The SMILES string of the molecule is O=C(CN1Cc2ccccc2C2OC(c3ccccc3)=N[C@]2(Cc2ccccc2)C1=O)NCc1ccc(-c2ccc(C(=O)Nc3cccc4c3CN(C3CCC(=O)NC3=O)C4=O)cc2)cc1. The first kappa shape index (κ1) is 41.8. The van der Waals surface area contributed by atoms with Gasteiger partial charge in [0.05, 0.1) is 6.54 Å². The summed E-state index contributed by atoms with van der Waals surface area (Å²) in [5.74, 6) is -1.72. The number of benzene rings is 6. The maximum Gasteiger partial charge on any atom is 0.256 e. The Morgan fingerprint density at radius 3 is 2.17 bits per heavy atom. The quantitative estimate of drug-likeness (QED) is 0.125. The summed E-state index contributed by atoms with van der Waals surface area (Å²) in [6, 6.07) is 46.4. The number of rotatable bonds is 11. The number of piperidine rings is 1. The van der Waals surface area contributed by atoms with E-state index in [1.54, 1.807) is 35.2 Å². The zero-order valence-corrected chi connectivity index (χ0v) is 35.7. The van der Waals surface area contributed by atoms with E-state index in [1.807, 2.05) is 121 Å². The largest absolute Gasteiger partial charge is 0.466 e. The number of nitrogens with zero attached hydrogens (tertiary/aromatic N) is 3. The molecule has 4 heterocycles. The van der Waals surface area contributed by atoms with Crippen molar-refractivity contribution in [1.29, 1.82) is 0 Å². The number of hydrogen-bond acceptors (Lipinski definition) is 8. The zero-order valence-electron chi connectivity index (χ0n) is 35.7. The van der Waals surface area contributed by atoms with E-state index in [9.17, 15) is 28.8 Å². The van der Waals surface area contributed by atoms with Crippen LogP contribution in [0.15, 0.2) is 157 Å². The van der Waals surface area contributed by atoms with Crippen molar-refractivity contribution in [2.45, 2.75) is 56.6 Å². The Morgan fingerprint density at radius 1 is 0.727 bits per heavy atom. The molecule has 0 saturated carbocycles. The number of carbonyl (C=O) groups excluding carboxylic acids is 6. The highest BCUT2D eigenvalue weighted by molar-refractivity contribution is 6.09. The number of aliphatic imine (C=N–C) groups is 1. The summed E-state index contributed by atoms with van der Waals surface area (Å²) in [6.07, 6.45) is -0.00568. The van der Waals surface area contributed by atoms with Gasteiger partial charge in [-0.2, -0.15) is 0 Å². The van der Waals surface area contributed by atoms with Crippen molar-refractivity contribution in [2.75, 3.05) is 11.9 Å². The molecule has 6 aromatic carbocycles. The molecule has 0 spiro atoms. The minimum absolute atomic E-state index is 0.139. The highest BCUT2D eigenvalue weighted by Gasteiger charge is 2.57. The van der Waals surface area contributed by atoms with Gasteiger partial charge in [-0.15, -0.1) is 0 Å². The lowest BCUT2D eigenvalue weighted by Crippen LogP contribution is -2.52. The first-order valence-electron chi connectivity index (χ1n) is 21.9. The van der Waals surface area contributed by atoms with Gasteiger partial charge in [0, 0.05) is 66.0 Å². The average molecular weight is 877 g/mol. The molecule has 4 aliphatic rings. The summed E-state index contributed by atoms with van der Waals surface area (Å²) < 4.78 is 6.64. The molecule has 6 amide bonds. The monoisotopic (exact) mass is 876 g/mol. The van der Waals surface area contributed by atoms with Crippen LogP contribution in [-0.4, -0.2) is 69.3 Å². The van der Waals surface area contributed by atoms with Gasteiger partial charge in [0.25, 0.3) is 17.7 Å². The van der Waals surface area contributed by atoms with Gasteiger partial charge in [0.15, 0.2) is 11.6 Å². The van der Waals surface area contributed by atoms with Crippen molar-refractivity contribution in [3.63, 3.8) is 0 Å². The number of amides is 6. The van der Waals surface area contributed by atoms with E-state index in [0.29, 0.717) is 28.3 Å². The second kappa shape index (κ2) is 17.4. The van der Waals surface area contributed by atoms with Crippen LogP contribution < -0.4 is 16.0 Å². The van der Waals surface area contributed by atoms with E-state index in [0.717, 1.165) is 38.9 Å². The molecule has 0 aromatic heterocycles. The molecule has 13 heteroatoms. The van der Waals surface area contributed by atoms with Crippen LogP contribution in [0.2, 0.25) is 0 Å². The van der Waals surface area contributed by atoms with E-state index in [-0.39, 0.29) is 75.0 Å². The molecule has 3 atom stereocenters. The lowest BCUT2D eigenvalue weighted by Gasteiger charge is -2.32. The predicted molar refractivity (Wildman–Crippen MR) is 246 cm³/mol. The highest BCUT2D eigenvalue weighted by atomic mass is 16.5. The van der Waals surface area contributed by atoms with Gasteiger partial charge >= 0.3 is 0 Å². The van der Waals surface area contributed by atoms with Crippen molar-refractivity contribution in [1.82, 2.24) is 20.4 Å². The summed E-state index contributed by atoms with van der Waals surface area (Å²) in [5.41, 5.74) is 6.69. The number of fused-ring (bicyclic) bond motifs is 4. The zero-order chi connectivity index (χ0) is 45.4. The van der Waals surface area contributed by atoms with Crippen LogP contribution in [0.5, 0.6) is 0 Å². The minimum atomic E-state index is -1.34. The number of anilines is 1. The molecule has 0 aliphatic carbocycles. The minimum Gasteiger partial charge on any atom is -0.466 e. The van der Waals surface area contributed by atoms with E-state index in [4.69, 9.17) is 9.73 Å². The molecule has 1 saturated heterocycles. The van der Waals surface area contributed by atoms with Crippen LogP contribution in [0.3, 0.4) is 0 Å². The fourth-order valence-electron chi connectivity index (χ4n) is 9.35. The van der Waals surface area contributed by atoms with Crippen molar-refractivity contribution in [2.24, 2.45) is 4.99 Å². The van der Waals surface area contributed by atoms with E-state index in [1.165, 1.54) is 4.90 Å². The number of imide groups is 1. The second-order valence-corrected chi connectivity index (χ2v) is 17.0. The Bertz CT molecular complexity index is 2940. The third-order valence-corrected chi connectivity index (χ3v) is 12.7. The third-order valence-electron chi connectivity index (χ3n) is 12.7. The molecular formula is C53H44N6O7. The van der Waals surface area contributed by atoms with E-state index < -0.39 is 23.6 Å². The predicted octanol–water partition coefficient (Wildman–Crippen LogP) is 6.53.